The highest BCUT2D eigenvalue weighted by Crippen LogP contribution is 2.55. The monoisotopic (exact) mass is 302 g/mol. The Kier molecular flexibility index (Phi) is 3.17. The van der Waals surface area contributed by atoms with Crippen molar-refractivity contribution >= 4 is 11.6 Å². The van der Waals surface area contributed by atoms with Crippen LogP contribution in [0.1, 0.15) is 44.1 Å². The van der Waals surface area contributed by atoms with Crippen molar-refractivity contribution in [3.63, 3.8) is 0 Å². The largest absolute Gasteiger partial charge is 0.382 e. The van der Waals surface area contributed by atoms with Crippen LogP contribution in [0.3, 0.4) is 0 Å². The van der Waals surface area contributed by atoms with E-state index in [0.717, 1.165) is 18.4 Å². The Balaban J connectivity index is 1.30. The van der Waals surface area contributed by atoms with Gasteiger partial charge in [0.15, 0.2) is 0 Å². The van der Waals surface area contributed by atoms with Gasteiger partial charge in [-0.1, -0.05) is 23.7 Å². The standard InChI is InChI=1S/C17H19FN2O2/c18-12-4-2-11(3-5-12)14-8-15(22-20-14)16(21)19-13-9-17(10-13)6-1-7-17/h2-5,13,15H,1,6-10H2,(H,19,21). The molecule has 3 aliphatic rings. The maximum absolute atomic E-state index is 12.9. The van der Waals surface area contributed by atoms with Crippen LogP contribution < -0.4 is 5.32 Å². The summed E-state index contributed by atoms with van der Waals surface area (Å²) >= 11 is 0. The van der Waals surface area contributed by atoms with Crippen LogP contribution in [-0.4, -0.2) is 23.8 Å². The summed E-state index contributed by atoms with van der Waals surface area (Å²) in [6.07, 6.45) is 6.07. The van der Waals surface area contributed by atoms with E-state index >= 15 is 0 Å². The van der Waals surface area contributed by atoms with Gasteiger partial charge in [-0.05, 0) is 48.8 Å². The number of carbonyl (C=O) groups excluding carboxylic acids is 1. The average molecular weight is 302 g/mol. The summed E-state index contributed by atoms with van der Waals surface area (Å²) in [5, 5.41) is 7.04. The van der Waals surface area contributed by atoms with Crippen LogP contribution >= 0.6 is 0 Å². The summed E-state index contributed by atoms with van der Waals surface area (Å²) in [6.45, 7) is 0. The van der Waals surface area contributed by atoms with Crippen molar-refractivity contribution in [1.29, 1.82) is 0 Å². The zero-order chi connectivity index (χ0) is 15.2. The molecular weight excluding hydrogens is 283 g/mol. The maximum atomic E-state index is 12.9. The van der Waals surface area contributed by atoms with Gasteiger partial charge in [0.1, 0.15) is 5.82 Å². The molecule has 0 aromatic heterocycles. The first-order valence-corrected chi connectivity index (χ1v) is 7.93. The van der Waals surface area contributed by atoms with Gasteiger partial charge in [0, 0.05) is 12.5 Å². The topological polar surface area (TPSA) is 50.7 Å². The van der Waals surface area contributed by atoms with Crippen LogP contribution in [0.2, 0.25) is 0 Å². The van der Waals surface area contributed by atoms with Crippen LogP contribution in [0.4, 0.5) is 4.39 Å². The molecule has 2 fully saturated rings. The molecule has 1 spiro atoms. The number of carbonyl (C=O) groups is 1. The van der Waals surface area contributed by atoms with E-state index in [4.69, 9.17) is 4.84 Å². The molecule has 4 rings (SSSR count). The Morgan fingerprint density at radius 3 is 2.64 bits per heavy atom. The van der Waals surface area contributed by atoms with Crippen molar-refractivity contribution in [2.45, 2.75) is 50.7 Å². The molecule has 1 aliphatic heterocycles. The molecule has 2 saturated carbocycles. The fraction of sp³-hybridized carbons (Fsp3) is 0.529. The van der Waals surface area contributed by atoms with Gasteiger partial charge in [-0.25, -0.2) is 4.39 Å². The number of hydrogen-bond acceptors (Lipinski definition) is 3. The normalized spacial score (nSPS) is 25.9. The van der Waals surface area contributed by atoms with E-state index in [0.29, 0.717) is 23.6 Å². The van der Waals surface area contributed by atoms with E-state index in [1.54, 1.807) is 12.1 Å². The maximum Gasteiger partial charge on any atom is 0.264 e. The van der Waals surface area contributed by atoms with Crippen molar-refractivity contribution < 1.29 is 14.0 Å². The first-order valence-electron chi connectivity index (χ1n) is 7.93. The van der Waals surface area contributed by atoms with Crippen molar-refractivity contribution in [2.24, 2.45) is 10.6 Å². The van der Waals surface area contributed by atoms with Crippen molar-refractivity contribution in [1.82, 2.24) is 5.32 Å². The summed E-state index contributed by atoms with van der Waals surface area (Å²) in [5.41, 5.74) is 2.04. The quantitative estimate of drug-likeness (QED) is 0.933. The molecule has 1 amide bonds. The highest BCUT2D eigenvalue weighted by molar-refractivity contribution is 6.04. The lowest BCUT2D eigenvalue weighted by molar-refractivity contribution is -0.134. The molecule has 1 aromatic rings. The third-order valence-electron chi connectivity index (χ3n) is 5.26. The number of rotatable bonds is 3. The van der Waals surface area contributed by atoms with Crippen LogP contribution in [0, 0.1) is 11.2 Å². The second kappa shape index (κ2) is 5.07. The van der Waals surface area contributed by atoms with E-state index in [9.17, 15) is 9.18 Å². The number of hydrogen-bond donors (Lipinski definition) is 1. The van der Waals surface area contributed by atoms with Crippen LogP contribution in [0.5, 0.6) is 0 Å². The van der Waals surface area contributed by atoms with Crippen molar-refractivity contribution in [2.75, 3.05) is 0 Å². The molecule has 0 saturated heterocycles. The van der Waals surface area contributed by atoms with E-state index in [-0.39, 0.29) is 11.7 Å². The lowest BCUT2D eigenvalue weighted by atomic mass is 9.54. The highest BCUT2D eigenvalue weighted by atomic mass is 19.1. The molecule has 0 radical (unpaired) electrons. The summed E-state index contributed by atoms with van der Waals surface area (Å²) in [6, 6.07) is 6.38. The first kappa shape index (κ1) is 13.7. The predicted octanol–water partition coefficient (Wildman–Crippen LogP) is 2.77. The summed E-state index contributed by atoms with van der Waals surface area (Å²) in [4.78, 5) is 17.5. The van der Waals surface area contributed by atoms with Gasteiger partial charge in [-0.15, -0.1) is 0 Å². The molecule has 1 atom stereocenters. The minimum Gasteiger partial charge on any atom is -0.382 e. The molecule has 1 N–H and O–H groups in total. The van der Waals surface area contributed by atoms with Gasteiger partial charge in [-0.3, -0.25) is 4.79 Å². The average Bonchev–Trinajstić information content (AvgIpc) is 2.90. The zero-order valence-corrected chi connectivity index (χ0v) is 12.3. The molecule has 1 unspecified atom stereocenters. The fourth-order valence-corrected chi connectivity index (χ4v) is 3.80. The van der Waals surface area contributed by atoms with E-state index in [1.165, 1.54) is 31.4 Å². The second-order valence-corrected chi connectivity index (χ2v) is 6.81. The Labute approximate surface area is 128 Å². The molecule has 1 aromatic carbocycles. The molecule has 22 heavy (non-hydrogen) atoms. The molecule has 116 valence electrons. The highest BCUT2D eigenvalue weighted by Gasteiger charge is 2.49. The van der Waals surface area contributed by atoms with Gasteiger partial charge in [0.25, 0.3) is 5.91 Å². The molecule has 2 aliphatic carbocycles. The Morgan fingerprint density at radius 2 is 2.00 bits per heavy atom. The molecule has 0 bridgehead atoms. The SMILES string of the molecule is O=C(NC1CC2(CCC2)C1)C1CC(c2ccc(F)cc2)=NO1. The van der Waals surface area contributed by atoms with Gasteiger partial charge in [-0.2, -0.15) is 0 Å². The molecule has 1 heterocycles. The number of amides is 1. The lowest BCUT2D eigenvalue weighted by Gasteiger charge is -2.54. The summed E-state index contributed by atoms with van der Waals surface area (Å²) in [5.74, 6) is -0.368. The van der Waals surface area contributed by atoms with Crippen LogP contribution in [0.25, 0.3) is 0 Å². The predicted molar refractivity (Wildman–Crippen MR) is 79.9 cm³/mol. The second-order valence-electron chi connectivity index (χ2n) is 6.81. The molecule has 5 heteroatoms. The number of benzene rings is 1. The minimum atomic E-state index is -0.557. The Hall–Kier alpha value is -1.91. The van der Waals surface area contributed by atoms with Gasteiger partial charge >= 0.3 is 0 Å². The molecular formula is C17H19FN2O2. The fourth-order valence-electron chi connectivity index (χ4n) is 3.80. The van der Waals surface area contributed by atoms with E-state index in [1.807, 2.05) is 0 Å². The van der Waals surface area contributed by atoms with Crippen LogP contribution in [0.15, 0.2) is 29.4 Å². The van der Waals surface area contributed by atoms with Gasteiger partial charge in [0.2, 0.25) is 6.10 Å². The number of oxime groups is 1. The number of nitrogens with zero attached hydrogens (tertiary/aromatic N) is 1. The first-order chi connectivity index (χ1) is 10.6. The third-order valence-corrected chi connectivity index (χ3v) is 5.26. The Morgan fingerprint density at radius 1 is 1.27 bits per heavy atom. The number of nitrogens with one attached hydrogen (secondary N) is 1. The zero-order valence-electron chi connectivity index (χ0n) is 12.3. The third kappa shape index (κ3) is 2.38. The summed E-state index contributed by atoms with van der Waals surface area (Å²) in [7, 11) is 0. The van der Waals surface area contributed by atoms with Crippen molar-refractivity contribution in [3.05, 3.63) is 35.6 Å². The minimum absolute atomic E-state index is 0.0833. The van der Waals surface area contributed by atoms with Gasteiger partial charge < -0.3 is 10.2 Å². The Bertz CT molecular complexity index is 614. The van der Waals surface area contributed by atoms with E-state index < -0.39 is 6.10 Å². The van der Waals surface area contributed by atoms with E-state index in [2.05, 4.69) is 10.5 Å². The number of halogens is 1. The summed E-state index contributed by atoms with van der Waals surface area (Å²) < 4.78 is 12.9. The molecule has 4 nitrogen and oxygen atoms in total. The van der Waals surface area contributed by atoms with Crippen molar-refractivity contribution in [3.8, 4) is 0 Å². The van der Waals surface area contributed by atoms with Crippen LogP contribution in [-0.2, 0) is 9.63 Å². The smallest absolute Gasteiger partial charge is 0.264 e. The lowest BCUT2D eigenvalue weighted by Crippen LogP contribution is -2.55. The van der Waals surface area contributed by atoms with Gasteiger partial charge in [0.05, 0.1) is 5.71 Å².